The zero-order valence-corrected chi connectivity index (χ0v) is 13.9. The molecular formula is C17H18N6O2. The van der Waals surface area contributed by atoms with Gasteiger partial charge < -0.3 is 10.6 Å². The van der Waals surface area contributed by atoms with Crippen LogP contribution in [0.15, 0.2) is 48.9 Å². The van der Waals surface area contributed by atoms with Crippen molar-refractivity contribution in [3.63, 3.8) is 0 Å². The van der Waals surface area contributed by atoms with Gasteiger partial charge in [0.25, 0.3) is 0 Å². The maximum atomic E-state index is 11.9. The van der Waals surface area contributed by atoms with Crippen LogP contribution in [-0.4, -0.2) is 31.4 Å². The summed E-state index contributed by atoms with van der Waals surface area (Å²) in [6, 6.07) is 9.33. The second-order valence-electron chi connectivity index (χ2n) is 5.58. The summed E-state index contributed by atoms with van der Waals surface area (Å²) in [5.41, 5.74) is 2.88. The Morgan fingerprint density at radius 1 is 1.08 bits per heavy atom. The lowest BCUT2D eigenvalue weighted by molar-refractivity contribution is -0.136. The fourth-order valence-electron chi connectivity index (χ4n) is 2.36. The van der Waals surface area contributed by atoms with Crippen LogP contribution in [0.1, 0.15) is 5.56 Å². The van der Waals surface area contributed by atoms with Crippen molar-refractivity contribution in [2.45, 2.75) is 6.54 Å². The zero-order chi connectivity index (χ0) is 17.8. The topological polar surface area (TPSA) is 93.8 Å². The maximum absolute atomic E-state index is 11.9. The highest BCUT2D eigenvalue weighted by molar-refractivity contribution is 6.39. The summed E-state index contributed by atoms with van der Waals surface area (Å²) < 4.78 is 3.20. The highest BCUT2D eigenvalue weighted by Gasteiger charge is 2.14. The van der Waals surface area contributed by atoms with Crippen molar-refractivity contribution in [2.75, 3.05) is 5.32 Å². The van der Waals surface area contributed by atoms with Gasteiger partial charge in [-0.2, -0.15) is 10.2 Å². The molecule has 2 aromatic heterocycles. The van der Waals surface area contributed by atoms with E-state index in [9.17, 15) is 9.59 Å². The summed E-state index contributed by atoms with van der Waals surface area (Å²) in [6.07, 6.45) is 5.23. The molecule has 3 aromatic rings. The maximum Gasteiger partial charge on any atom is 0.314 e. The van der Waals surface area contributed by atoms with E-state index in [1.165, 1.54) is 10.9 Å². The Balaban J connectivity index is 1.60. The Labute approximate surface area is 144 Å². The fraction of sp³-hybridized carbons (Fsp3) is 0.176. The highest BCUT2D eigenvalue weighted by atomic mass is 16.2. The van der Waals surface area contributed by atoms with Crippen molar-refractivity contribution >= 4 is 17.6 Å². The molecule has 0 unspecified atom stereocenters. The third kappa shape index (κ3) is 3.92. The average Bonchev–Trinajstić information content (AvgIpc) is 3.21. The number of carbonyl (C=O) groups excluding carboxylic acids is 2. The first-order valence-corrected chi connectivity index (χ1v) is 7.68. The number of aromatic nitrogens is 4. The number of hydrogen-bond donors (Lipinski definition) is 2. The number of amides is 2. The van der Waals surface area contributed by atoms with Gasteiger partial charge in [-0.25, -0.2) is 0 Å². The minimum Gasteiger partial charge on any atom is -0.344 e. The first kappa shape index (κ1) is 16.4. The van der Waals surface area contributed by atoms with E-state index in [4.69, 9.17) is 0 Å². The normalized spacial score (nSPS) is 10.5. The number of benzene rings is 1. The molecule has 0 saturated heterocycles. The molecule has 128 valence electrons. The minimum atomic E-state index is -0.730. The summed E-state index contributed by atoms with van der Waals surface area (Å²) in [5, 5.41) is 13.2. The predicted molar refractivity (Wildman–Crippen MR) is 92.3 cm³/mol. The standard InChI is InChI=1S/C17H18N6O2/c1-22-11-14(10-20-22)13-5-3-4-12(8-13)9-18-16(24)17(25)21-15-6-7-19-23(15)2/h3-8,10-11H,9H2,1-2H3,(H,18,24)(H,21,25). The van der Waals surface area contributed by atoms with Crippen molar-refractivity contribution < 1.29 is 9.59 Å². The molecule has 0 radical (unpaired) electrons. The summed E-state index contributed by atoms with van der Waals surface area (Å²) in [4.78, 5) is 23.8. The molecule has 0 saturated carbocycles. The van der Waals surface area contributed by atoms with E-state index in [-0.39, 0.29) is 6.54 Å². The third-order valence-electron chi connectivity index (χ3n) is 3.69. The molecule has 8 nitrogen and oxygen atoms in total. The monoisotopic (exact) mass is 338 g/mol. The molecule has 8 heteroatoms. The van der Waals surface area contributed by atoms with E-state index < -0.39 is 11.8 Å². The molecule has 1 aromatic carbocycles. The van der Waals surface area contributed by atoms with Gasteiger partial charge in [-0.1, -0.05) is 18.2 Å². The summed E-state index contributed by atoms with van der Waals surface area (Å²) in [6.45, 7) is 0.256. The summed E-state index contributed by atoms with van der Waals surface area (Å²) in [5.74, 6) is -0.973. The van der Waals surface area contributed by atoms with Crippen molar-refractivity contribution in [3.8, 4) is 11.1 Å². The number of aryl methyl sites for hydroxylation is 2. The number of hydrogen-bond acceptors (Lipinski definition) is 4. The van der Waals surface area contributed by atoms with Crippen LogP contribution in [0.3, 0.4) is 0 Å². The Kier molecular flexibility index (Phi) is 4.60. The average molecular weight is 338 g/mol. The van der Waals surface area contributed by atoms with Crippen LogP contribution in [0, 0.1) is 0 Å². The van der Waals surface area contributed by atoms with Crippen molar-refractivity contribution in [1.29, 1.82) is 0 Å². The number of carbonyl (C=O) groups is 2. The van der Waals surface area contributed by atoms with E-state index in [1.54, 1.807) is 24.0 Å². The molecule has 2 heterocycles. The summed E-state index contributed by atoms with van der Waals surface area (Å²) in [7, 11) is 3.53. The smallest absolute Gasteiger partial charge is 0.314 e. The van der Waals surface area contributed by atoms with Gasteiger partial charge in [-0.3, -0.25) is 19.0 Å². The van der Waals surface area contributed by atoms with Crippen LogP contribution in [0.5, 0.6) is 0 Å². The van der Waals surface area contributed by atoms with E-state index in [1.807, 2.05) is 37.5 Å². The lowest BCUT2D eigenvalue weighted by Gasteiger charge is -2.07. The molecule has 0 fully saturated rings. The SMILES string of the molecule is Cn1cc(-c2cccc(CNC(=O)C(=O)Nc3ccnn3C)c2)cn1. The number of rotatable bonds is 4. The first-order valence-electron chi connectivity index (χ1n) is 7.68. The fourth-order valence-corrected chi connectivity index (χ4v) is 2.36. The molecule has 2 amide bonds. The van der Waals surface area contributed by atoms with Crippen LogP contribution >= 0.6 is 0 Å². The quantitative estimate of drug-likeness (QED) is 0.696. The third-order valence-corrected chi connectivity index (χ3v) is 3.69. The van der Waals surface area contributed by atoms with Gasteiger partial charge in [-0.15, -0.1) is 0 Å². The van der Waals surface area contributed by atoms with Gasteiger partial charge in [-0.05, 0) is 17.2 Å². The predicted octanol–water partition coefficient (Wildman–Crippen LogP) is 1.08. The van der Waals surface area contributed by atoms with Gasteiger partial charge in [0.15, 0.2) is 0 Å². The largest absolute Gasteiger partial charge is 0.344 e. The van der Waals surface area contributed by atoms with Crippen molar-refractivity contribution in [3.05, 3.63) is 54.5 Å². The molecule has 0 bridgehead atoms. The van der Waals surface area contributed by atoms with E-state index in [0.717, 1.165) is 16.7 Å². The molecule has 0 spiro atoms. The van der Waals surface area contributed by atoms with Gasteiger partial charge >= 0.3 is 11.8 Å². The van der Waals surface area contributed by atoms with E-state index in [0.29, 0.717) is 5.82 Å². The molecule has 25 heavy (non-hydrogen) atoms. The Morgan fingerprint density at radius 3 is 2.60 bits per heavy atom. The Hall–Kier alpha value is -3.42. The zero-order valence-electron chi connectivity index (χ0n) is 13.9. The molecule has 0 aliphatic rings. The first-order chi connectivity index (χ1) is 12.0. The van der Waals surface area contributed by atoms with Gasteiger partial charge in [0.05, 0.1) is 12.4 Å². The number of anilines is 1. The molecule has 0 aliphatic carbocycles. The lowest BCUT2D eigenvalue weighted by atomic mass is 10.1. The van der Waals surface area contributed by atoms with Crippen LogP contribution in [0.2, 0.25) is 0 Å². The van der Waals surface area contributed by atoms with Gasteiger partial charge in [0, 0.05) is 38.5 Å². The summed E-state index contributed by atoms with van der Waals surface area (Å²) >= 11 is 0. The molecule has 2 N–H and O–H groups in total. The van der Waals surface area contributed by atoms with Crippen LogP contribution in [0.25, 0.3) is 11.1 Å². The molecule has 0 aliphatic heterocycles. The van der Waals surface area contributed by atoms with E-state index in [2.05, 4.69) is 20.8 Å². The second kappa shape index (κ2) is 7.00. The van der Waals surface area contributed by atoms with Gasteiger partial charge in [0.1, 0.15) is 5.82 Å². The highest BCUT2D eigenvalue weighted by Crippen LogP contribution is 2.19. The van der Waals surface area contributed by atoms with E-state index >= 15 is 0 Å². The van der Waals surface area contributed by atoms with Crippen LogP contribution < -0.4 is 10.6 Å². The second-order valence-corrected chi connectivity index (χ2v) is 5.58. The number of nitrogens with zero attached hydrogens (tertiary/aromatic N) is 4. The van der Waals surface area contributed by atoms with Crippen LogP contribution in [0.4, 0.5) is 5.82 Å². The number of nitrogens with one attached hydrogen (secondary N) is 2. The Morgan fingerprint density at radius 2 is 1.92 bits per heavy atom. The van der Waals surface area contributed by atoms with Crippen molar-refractivity contribution in [1.82, 2.24) is 24.9 Å². The van der Waals surface area contributed by atoms with Gasteiger partial charge in [0.2, 0.25) is 0 Å². The molecule has 0 atom stereocenters. The van der Waals surface area contributed by atoms with Crippen LogP contribution in [-0.2, 0) is 30.2 Å². The molecule has 3 rings (SSSR count). The Bertz CT molecular complexity index is 911. The van der Waals surface area contributed by atoms with Crippen molar-refractivity contribution in [2.24, 2.45) is 14.1 Å². The minimum absolute atomic E-state index is 0.256. The molecular weight excluding hydrogens is 320 g/mol. The lowest BCUT2D eigenvalue weighted by Crippen LogP contribution is -2.35.